The zero-order chi connectivity index (χ0) is 15.9. The molecule has 0 aliphatic carbocycles. The van der Waals surface area contributed by atoms with Crippen LogP contribution in [0.4, 0.5) is 18.9 Å². The Morgan fingerprint density at radius 2 is 1.86 bits per heavy atom. The van der Waals surface area contributed by atoms with Crippen LogP contribution in [-0.4, -0.2) is 31.3 Å². The van der Waals surface area contributed by atoms with Gasteiger partial charge in [0.1, 0.15) is 5.75 Å². The van der Waals surface area contributed by atoms with Gasteiger partial charge in [-0.3, -0.25) is 4.79 Å². The number of benzene rings is 1. The lowest BCUT2D eigenvalue weighted by molar-refractivity contribution is -0.153. The van der Waals surface area contributed by atoms with Crippen molar-refractivity contribution in [1.82, 2.24) is 5.32 Å². The van der Waals surface area contributed by atoms with Crippen molar-refractivity contribution in [2.24, 2.45) is 0 Å². The molecule has 0 radical (unpaired) electrons. The molecule has 21 heavy (non-hydrogen) atoms. The summed E-state index contributed by atoms with van der Waals surface area (Å²) in [6.45, 7) is 3.20. The van der Waals surface area contributed by atoms with Gasteiger partial charge in [0.2, 0.25) is 5.91 Å². The van der Waals surface area contributed by atoms with Crippen LogP contribution in [-0.2, 0) is 4.79 Å². The normalized spacial score (nSPS) is 11.5. The number of amides is 1. The Labute approximate surface area is 121 Å². The molecule has 7 heteroatoms. The topological polar surface area (TPSA) is 50.4 Å². The Hall–Kier alpha value is -1.76. The summed E-state index contributed by atoms with van der Waals surface area (Å²) in [6.07, 6.45) is -4.04. The molecule has 0 unspecified atom stereocenters. The van der Waals surface area contributed by atoms with Crippen LogP contribution in [0, 0.1) is 0 Å². The summed E-state index contributed by atoms with van der Waals surface area (Å²) < 4.78 is 40.5. The van der Waals surface area contributed by atoms with Gasteiger partial charge in [-0.25, -0.2) is 0 Å². The highest BCUT2D eigenvalue weighted by atomic mass is 19.4. The standard InChI is InChI=1S/C14H19F3N2O2/c1-10(2)18-8-7-13(20)19-11-3-5-12(6-4-11)21-9-14(15,16)17/h3-6,10,18H,7-9H2,1-2H3,(H,19,20). The van der Waals surface area contributed by atoms with Crippen LogP contribution in [0.1, 0.15) is 20.3 Å². The molecule has 0 fully saturated rings. The van der Waals surface area contributed by atoms with Crippen molar-refractivity contribution in [3.8, 4) is 5.75 Å². The lowest BCUT2D eigenvalue weighted by atomic mass is 10.3. The zero-order valence-electron chi connectivity index (χ0n) is 12.0. The van der Waals surface area contributed by atoms with Gasteiger partial charge in [-0.15, -0.1) is 0 Å². The molecule has 0 bridgehead atoms. The van der Waals surface area contributed by atoms with Crippen LogP contribution >= 0.6 is 0 Å². The van der Waals surface area contributed by atoms with Crippen molar-refractivity contribution in [2.75, 3.05) is 18.5 Å². The molecule has 0 atom stereocenters. The molecule has 1 amide bonds. The number of carbonyl (C=O) groups excluding carboxylic acids is 1. The van der Waals surface area contributed by atoms with Crippen molar-refractivity contribution < 1.29 is 22.7 Å². The van der Waals surface area contributed by atoms with E-state index in [9.17, 15) is 18.0 Å². The van der Waals surface area contributed by atoms with Gasteiger partial charge in [-0.05, 0) is 24.3 Å². The van der Waals surface area contributed by atoms with Crippen molar-refractivity contribution in [3.63, 3.8) is 0 Å². The fraction of sp³-hybridized carbons (Fsp3) is 0.500. The number of carbonyl (C=O) groups is 1. The summed E-state index contributed by atoms with van der Waals surface area (Å²) >= 11 is 0. The predicted octanol–water partition coefficient (Wildman–Crippen LogP) is 2.95. The first-order valence-electron chi connectivity index (χ1n) is 6.59. The van der Waals surface area contributed by atoms with Crippen molar-refractivity contribution in [2.45, 2.75) is 32.5 Å². The van der Waals surface area contributed by atoms with Crippen molar-refractivity contribution >= 4 is 11.6 Å². The highest BCUT2D eigenvalue weighted by molar-refractivity contribution is 5.90. The van der Waals surface area contributed by atoms with Gasteiger partial charge in [0, 0.05) is 24.7 Å². The number of alkyl halides is 3. The Morgan fingerprint density at radius 3 is 2.38 bits per heavy atom. The van der Waals surface area contributed by atoms with E-state index < -0.39 is 12.8 Å². The molecule has 1 rings (SSSR count). The summed E-state index contributed by atoms with van der Waals surface area (Å²) in [5.41, 5.74) is 0.518. The zero-order valence-corrected chi connectivity index (χ0v) is 12.0. The fourth-order valence-electron chi connectivity index (χ4n) is 1.50. The van der Waals surface area contributed by atoms with Gasteiger partial charge in [0.15, 0.2) is 6.61 Å². The first-order valence-corrected chi connectivity index (χ1v) is 6.59. The number of nitrogens with one attached hydrogen (secondary N) is 2. The van der Waals surface area contributed by atoms with E-state index in [1.807, 2.05) is 13.8 Å². The van der Waals surface area contributed by atoms with Crippen LogP contribution in [0.3, 0.4) is 0 Å². The molecule has 2 N–H and O–H groups in total. The summed E-state index contributed by atoms with van der Waals surface area (Å²) in [7, 11) is 0. The van der Waals surface area contributed by atoms with Crippen LogP contribution in [0.15, 0.2) is 24.3 Å². The molecule has 1 aromatic carbocycles. The van der Waals surface area contributed by atoms with Gasteiger partial charge in [0.05, 0.1) is 0 Å². The summed E-state index contributed by atoms with van der Waals surface area (Å²) in [5, 5.41) is 5.77. The second kappa shape index (κ2) is 7.87. The number of hydrogen-bond acceptors (Lipinski definition) is 3. The van der Waals surface area contributed by atoms with E-state index in [2.05, 4.69) is 15.4 Å². The maximum absolute atomic E-state index is 12.0. The Bertz CT molecular complexity index is 445. The summed E-state index contributed by atoms with van der Waals surface area (Å²) in [4.78, 5) is 11.6. The molecule has 1 aromatic rings. The van der Waals surface area contributed by atoms with E-state index in [0.29, 0.717) is 24.7 Å². The molecule has 0 heterocycles. The minimum atomic E-state index is -4.36. The van der Waals surface area contributed by atoms with Gasteiger partial charge in [0.25, 0.3) is 0 Å². The highest BCUT2D eigenvalue weighted by Gasteiger charge is 2.28. The monoisotopic (exact) mass is 304 g/mol. The number of hydrogen-bond donors (Lipinski definition) is 2. The Morgan fingerprint density at radius 1 is 1.24 bits per heavy atom. The second-order valence-corrected chi connectivity index (χ2v) is 4.84. The van der Waals surface area contributed by atoms with E-state index in [-0.39, 0.29) is 11.7 Å². The Kier molecular flexibility index (Phi) is 6.48. The minimum Gasteiger partial charge on any atom is -0.484 e. The maximum Gasteiger partial charge on any atom is 0.422 e. The minimum absolute atomic E-state index is 0.104. The van der Waals surface area contributed by atoms with Crippen molar-refractivity contribution in [3.05, 3.63) is 24.3 Å². The third-order valence-electron chi connectivity index (χ3n) is 2.45. The van der Waals surface area contributed by atoms with E-state index >= 15 is 0 Å². The SMILES string of the molecule is CC(C)NCCC(=O)Nc1ccc(OCC(F)(F)F)cc1. The van der Waals surface area contributed by atoms with Gasteiger partial charge < -0.3 is 15.4 Å². The maximum atomic E-state index is 12.0. The van der Waals surface area contributed by atoms with E-state index in [1.54, 1.807) is 0 Å². The van der Waals surface area contributed by atoms with E-state index in [4.69, 9.17) is 0 Å². The summed E-state index contributed by atoms with van der Waals surface area (Å²) in [5.74, 6) is -0.0566. The van der Waals surface area contributed by atoms with Crippen LogP contribution < -0.4 is 15.4 Å². The number of rotatable bonds is 7. The third-order valence-corrected chi connectivity index (χ3v) is 2.45. The highest BCUT2D eigenvalue weighted by Crippen LogP contribution is 2.20. The predicted molar refractivity (Wildman–Crippen MR) is 74.4 cm³/mol. The van der Waals surface area contributed by atoms with E-state index in [0.717, 1.165) is 0 Å². The molecule has 4 nitrogen and oxygen atoms in total. The van der Waals surface area contributed by atoms with Crippen molar-refractivity contribution in [1.29, 1.82) is 0 Å². The van der Waals surface area contributed by atoms with Gasteiger partial charge in [-0.1, -0.05) is 13.8 Å². The quantitative estimate of drug-likeness (QED) is 0.814. The van der Waals surface area contributed by atoms with E-state index in [1.165, 1.54) is 24.3 Å². The second-order valence-electron chi connectivity index (χ2n) is 4.84. The number of ether oxygens (including phenoxy) is 1. The first-order chi connectivity index (χ1) is 9.76. The third kappa shape index (κ3) is 8.19. The molecule has 118 valence electrons. The molecule has 0 aliphatic heterocycles. The van der Waals surface area contributed by atoms with Crippen LogP contribution in [0.2, 0.25) is 0 Å². The Balaban J connectivity index is 2.38. The smallest absolute Gasteiger partial charge is 0.422 e. The molecule has 0 spiro atoms. The van der Waals surface area contributed by atoms with Gasteiger partial charge >= 0.3 is 6.18 Å². The molecule has 0 saturated heterocycles. The van der Waals surface area contributed by atoms with Crippen LogP contribution in [0.5, 0.6) is 5.75 Å². The largest absolute Gasteiger partial charge is 0.484 e. The average Bonchev–Trinajstić information content (AvgIpc) is 2.36. The number of halogens is 3. The molecule has 0 aliphatic rings. The first kappa shape index (κ1) is 17.3. The lowest BCUT2D eigenvalue weighted by Gasteiger charge is -2.10. The average molecular weight is 304 g/mol. The molecular weight excluding hydrogens is 285 g/mol. The fourth-order valence-corrected chi connectivity index (χ4v) is 1.50. The summed E-state index contributed by atoms with van der Waals surface area (Å²) in [6, 6.07) is 6.07. The lowest BCUT2D eigenvalue weighted by Crippen LogP contribution is -2.27. The van der Waals surface area contributed by atoms with Gasteiger partial charge in [-0.2, -0.15) is 13.2 Å². The molecular formula is C14H19F3N2O2. The number of anilines is 1. The molecule has 0 saturated carbocycles. The van der Waals surface area contributed by atoms with Crippen LogP contribution in [0.25, 0.3) is 0 Å². The molecule has 0 aromatic heterocycles.